The molecule has 4 rings (SSSR count). The third-order valence-electron chi connectivity index (χ3n) is 6.82. The predicted octanol–water partition coefficient (Wildman–Crippen LogP) is 6.59. The van der Waals surface area contributed by atoms with Crippen molar-refractivity contribution in [2.24, 2.45) is 0 Å². The highest BCUT2D eigenvalue weighted by Crippen LogP contribution is 2.36. The van der Waals surface area contributed by atoms with Crippen molar-refractivity contribution in [3.05, 3.63) is 112 Å². The van der Waals surface area contributed by atoms with Gasteiger partial charge in [0.15, 0.2) is 11.5 Å². The van der Waals surface area contributed by atoms with Gasteiger partial charge in [0.05, 0.1) is 37.2 Å². The summed E-state index contributed by atoms with van der Waals surface area (Å²) < 4.78 is 16.3. The summed E-state index contributed by atoms with van der Waals surface area (Å²) in [6, 6.07) is 22.7. The molecule has 1 atom stereocenters. The first-order valence-corrected chi connectivity index (χ1v) is 15.6. The molecule has 4 N–H and O–H groups in total. The number of anilines is 2. The average Bonchev–Trinajstić information content (AvgIpc) is 3.09. The largest absolute Gasteiger partial charge is 0.496 e. The van der Waals surface area contributed by atoms with Crippen LogP contribution in [-0.2, 0) is 9.59 Å². The molecule has 0 heterocycles. The Kier molecular flexibility index (Phi) is 12.1. The Morgan fingerprint density at radius 3 is 2.04 bits per heavy atom. The first kappa shape index (κ1) is 35.4. The van der Waals surface area contributed by atoms with Crippen LogP contribution in [0.15, 0.2) is 95.5 Å². The second-order valence-corrected chi connectivity index (χ2v) is 11.9. The maximum Gasteiger partial charge on any atom is 0.337 e. The lowest BCUT2D eigenvalue weighted by atomic mass is 10.1. The highest BCUT2D eigenvalue weighted by atomic mass is 35.5. The quantitative estimate of drug-likeness (QED) is 0.0899. The number of hydrogen-bond donors (Lipinski definition) is 4. The zero-order chi connectivity index (χ0) is 34.8. The summed E-state index contributed by atoms with van der Waals surface area (Å²) in [6.45, 7) is 1.71. The van der Waals surface area contributed by atoms with Gasteiger partial charge in [0.25, 0.3) is 11.8 Å². The van der Waals surface area contributed by atoms with E-state index in [4.69, 9.17) is 25.8 Å². The number of hydrogen-bond acceptors (Lipinski definition) is 8. The number of amides is 3. The summed E-state index contributed by atoms with van der Waals surface area (Å²) in [5.74, 6) is -1.44. The van der Waals surface area contributed by atoms with Crippen LogP contribution in [0, 0.1) is 0 Å². The Labute approximate surface area is 286 Å². The molecule has 4 aromatic carbocycles. The third kappa shape index (κ3) is 9.08. The van der Waals surface area contributed by atoms with Crippen LogP contribution in [0.3, 0.4) is 0 Å². The van der Waals surface area contributed by atoms with E-state index in [1.54, 1.807) is 73.7 Å². The number of aromatic carboxylic acids is 1. The maximum absolute atomic E-state index is 13.6. The number of benzene rings is 4. The minimum Gasteiger partial charge on any atom is -0.496 e. The SMILES string of the molecule is COc1cc(OC)c(OC)cc1/C=C(\NC(=O)c1ccccc1)C(=O)Nc1ccc(SC(C)C(=O)Nc2ccc(Cl)c(C(=O)O)c2)cc1. The van der Waals surface area contributed by atoms with E-state index >= 15 is 0 Å². The van der Waals surface area contributed by atoms with E-state index in [0.717, 1.165) is 4.90 Å². The molecule has 0 spiro atoms. The van der Waals surface area contributed by atoms with Gasteiger partial charge in [-0.1, -0.05) is 29.8 Å². The molecule has 0 saturated heterocycles. The van der Waals surface area contributed by atoms with E-state index in [-0.39, 0.29) is 22.2 Å². The van der Waals surface area contributed by atoms with Crippen LogP contribution in [0.1, 0.15) is 33.2 Å². The molecular formula is C35H32ClN3O8S. The van der Waals surface area contributed by atoms with Gasteiger partial charge in [-0.2, -0.15) is 0 Å². The van der Waals surface area contributed by atoms with Crippen LogP contribution in [0.5, 0.6) is 17.2 Å². The van der Waals surface area contributed by atoms with E-state index in [1.165, 1.54) is 57.4 Å². The zero-order valence-corrected chi connectivity index (χ0v) is 27.9. The first-order valence-electron chi connectivity index (χ1n) is 14.3. The van der Waals surface area contributed by atoms with Gasteiger partial charge >= 0.3 is 5.97 Å². The van der Waals surface area contributed by atoms with Crippen molar-refractivity contribution in [1.82, 2.24) is 5.32 Å². The maximum atomic E-state index is 13.6. The second kappa shape index (κ2) is 16.4. The zero-order valence-electron chi connectivity index (χ0n) is 26.3. The molecule has 0 radical (unpaired) electrons. The summed E-state index contributed by atoms with van der Waals surface area (Å²) in [6.07, 6.45) is 1.47. The molecule has 11 nitrogen and oxygen atoms in total. The van der Waals surface area contributed by atoms with E-state index in [2.05, 4.69) is 16.0 Å². The smallest absolute Gasteiger partial charge is 0.337 e. The van der Waals surface area contributed by atoms with Crippen molar-refractivity contribution in [1.29, 1.82) is 0 Å². The number of ether oxygens (including phenoxy) is 3. The predicted molar refractivity (Wildman–Crippen MR) is 185 cm³/mol. The van der Waals surface area contributed by atoms with Crippen molar-refractivity contribution in [3.63, 3.8) is 0 Å². The summed E-state index contributed by atoms with van der Waals surface area (Å²) >= 11 is 7.18. The molecule has 4 aromatic rings. The van der Waals surface area contributed by atoms with Crippen LogP contribution >= 0.6 is 23.4 Å². The van der Waals surface area contributed by atoms with E-state index in [1.807, 2.05) is 0 Å². The number of halogens is 1. The molecule has 13 heteroatoms. The molecule has 0 fully saturated rings. The number of carbonyl (C=O) groups excluding carboxylic acids is 3. The summed E-state index contributed by atoms with van der Waals surface area (Å²) in [7, 11) is 4.44. The Balaban J connectivity index is 1.51. The monoisotopic (exact) mass is 689 g/mol. The topological polar surface area (TPSA) is 152 Å². The second-order valence-electron chi connectivity index (χ2n) is 10.1. The van der Waals surface area contributed by atoms with Crippen LogP contribution < -0.4 is 30.2 Å². The van der Waals surface area contributed by atoms with Gasteiger partial charge in [-0.25, -0.2) is 4.79 Å². The Hall–Kier alpha value is -5.46. The lowest BCUT2D eigenvalue weighted by Crippen LogP contribution is -2.30. The standard InChI is InChI=1S/C35H32ClN3O8S/c1-20(32(40)38-24-12-15-27(36)26(18-24)35(43)44)48-25-13-10-23(11-14-25)37-34(42)28(39-33(41)21-8-6-5-7-9-21)16-22-17-30(46-3)31(47-4)19-29(22)45-2/h5-20H,1-4H3,(H,37,42)(H,38,40)(H,39,41)(H,43,44)/b28-16-. The Morgan fingerprint density at radius 2 is 1.42 bits per heavy atom. The molecular weight excluding hydrogens is 658 g/mol. The molecule has 1 unspecified atom stereocenters. The van der Waals surface area contributed by atoms with Crippen molar-refractivity contribution in [2.45, 2.75) is 17.1 Å². The number of nitrogens with one attached hydrogen (secondary N) is 3. The first-order chi connectivity index (χ1) is 23.0. The molecule has 0 aromatic heterocycles. The van der Waals surface area contributed by atoms with Gasteiger partial charge in [-0.3, -0.25) is 14.4 Å². The van der Waals surface area contributed by atoms with Crippen molar-refractivity contribution in [3.8, 4) is 17.2 Å². The molecule has 0 saturated carbocycles. The highest BCUT2D eigenvalue weighted by Gasteiger charge is 2.19. The number of methoxy groups -OCH3 is 3. The lowest BCUT2D eigenvalue weighted by Gasteiger charge is -2.15. The van der Waals surface area contributed by atoms with Gasteiger partial charge in [0.2, 0.25) is 5.91 Å². The normalized spacial score (nSPS) is 11.6. The van der Waals surface area contributed by atoms with Crippen LogP contribution in [-0.4, -0.2) is 55.4 Å². The number of carbonyl (C=O) groups is 4. The van der Waals surface area contributed by atoms with Gasteiger partial charge in [0, 0.05) is 33.5 Å². The van der Waals surface area contributed by atoms with Crippen molar-refractivity contribution >= 4 is 64.5 Å². The van der Waals surface area contributed by atoms with Gasteiger partial charge in [0.1, 0.15) is 11.4 Å². The van der Waals surface area contributed by atoms with Crippen LogP contribution in [0.25, 0.3) is 6.08 Å². The molecule has 3 amide bonds. The molecule has 48 heavy (non-hydrogen) atoms. The summed E-state index contributed by atoms with van der Waals surface area (Å²) in [5, 5.41) is 17.0. The summed E-state index contributed by atoms with van der Waals surface area (Å²) in [5.41, 5.74) is 1.36. The van der Waals surface area contributed by atoms with Crippen molar-refractivity contribution < 1.29 is 38.5 Å². The van der Waals surface area contributed by atoms with Gasteiger partial charge in [-0.15, -0.1) is 11.8 Å². The number of rotatable bonds is 13. The van der Waals surface area contributed by atoms with Crippen LogP contribution in [0.4, 0.5) is 11.4 Å². The number of carboxylic acid groups (broad SMARTS) is 1. The third-order valence-corrected chi connectivity index (χ3v) is 8.26. The minimum atomic E-state index is -1.20. The summed E-state index contributed by atoms with van der Waals surface area (Å²) in [4.78, 5) is 51.6. The van der Waals surface area contributed by atoms with E-state index in [9.17, 15) is 24.3 Å². The number of thioether (sulfide) groups is 1. The van der Waals surface area contributed by atoms with Crippen LogP contribution in [0.2, 0.25) is 5.02 Å². The van der Waals surface area contributed by atoms with E-state index in [0.29, 0.717) is 39.8 Å². The van der Waals surface area contributed by atoms with Crippen molar-refractivity contribution in [2.75, 3.05) is 32.0 Å². The molecule has 0 aliphatic carbocycles. The Bertz CT molecular complexity index is 1850. The molecule has 0 bridgehead atoms. The van der Waals surface area contributed by atoms with E-state index < -0.39 is 23.0 Å². The fourth-order valence-electron chi connectivity index (χ4n) is 4.35. The van der Waals surface area contributed by atoms with Gasteiger partial charge in [-0.05, 0) is 73.7 Å². The average molecular weight is 690 g/mol. The fourth-order valence-corrected chi connectivity index (χ4v) is 5.41. The number of carboxylic acids is 1. The Morgan fingerprint density at radius 1 is 0.792 bits per heavy atom. The highest BCUT2D eigenvalue weighted by molar-refractivity contribution is 8.00. The fraction of sp³-hybridized carbons (Fsp3) is 0.143. The molecule has 0 aliphatic heterocycles. The lowest BCUT2D eigenvalue weighted by molar-refractivity contribution is -0.115. The molecule has 248 valence electrons. The van der Waals surface area contributed by atoms with Gasteiger partial charge < -0.3 is 35.3 Å². The molecule has 0 aliphatic rings. The minimum absolute atomic E-state index is 0.0635.